The third-order valence-electron chi connectivity index (χ3n) is 2.06. The van der Waals surface area contributed by atoms with Crippen LogP contribution in [0.15, 0.2) is 0 Å². The Labute approximate surface area is 91.6 Å². The van der Waals surface area contributed by atoms with E-state index in [1.54, 1.807) is 13.8 Å². The second-order valence-electron chi connectivity index (χ2n) is 3.82. The van der Waals surface area contributed by atoms with Gasteiger partial charge < -0.3 is 4.74 Å². The quantitative estimate of drug-likeness (QED) is 0.599. The minimum atomic E-state index is -0.202. The van der Waals surface area contributed by atoms with Gasteiger partial charge in [-0.15, -0.1) is 0 Å². The lowest BCUT2D eigenvalue weighted by atomic mass is 10.2. The predicted molar refractivity (Wildman–Crippen MR) is 58.6 cm³/mol. The Bertz CT molecular complexity index is 214. The molecule has 0 saturated carbocycles. The molecule has 88 valence electrons. The van der Waals surface area contributed by atoms with E-state index >= 15 is 0 Å². The van der Waals surface area contributed by atoms with Crippen molar-refractivity contribution < 1.29 is 14.3 Å². The van der Waals surface area contributed by atoms with E-state index in [4.69, 9.17) is 4.74 Å². The van der Waals surface area contributed by atoms with Gasteiger partial charge in [-0.05, 0) is 27.7 Å². The molecule has 4 heteroatoms. The molecule has 0 aliphatic heterocycles. The summed E-state index contributed by atoms with van der Waals surface area (Å²) >= 11 is 0. The largest absolute Gasteiger partial charge is 0.466 e. The van der Waals surface area contributed by atoms with Gasteiger partial charge in [0.2, 0.25) is 0 Å². The summed E-state index contributed by atoms with van der Waals surface area (Å²) in [7, 11) is 0. The average molecular weight is 215 g/mol. The van der Waals surface area contributed by atoms with Crippen molar-refractivity contribution in [3.63, 3.8) is 0 Å². The molecule has 0 atom stereocenters. The zero-order valence-corrected chi connectivity index (χ0v) is 10.1. The maximum atomic E-state index is 11.1. The summed E-state index contributed by atoms with van der Waals surface area (Å²) in [6, 6.07) is 0.267. The molecule has 0 aromatic heterocycles. The fourth-order valence-corrected chi connectivity index (χ4v) is 1.27. The molecule has 0 radical (unpaired) electrons. The third kappa shape index (κ3) is 7.08. The van der Waals surface area contributed by atoms with E-state index < -0.39 is 0 Å². The highest BCUT2D eigenvalue weighted by molar-refractivity contribution is 5.77. The molecule has 0 N–H and O–H groups in total. The van der Waals surface area contributed by atoms with Gasteiger partial charge in [0, 0.05) is 12.6 Å². The fourth-order valence-electron chi connectivity index (χ4n) is 1.27. The van der Waals surface area contributed by atoms with Gasteiger partial charge in [0.1, 0.15) is 5.78 Å². The van der Waals surface area contributed by atoms with Crippen molar-refractivity contribution in [2.45, 2.75) is 40.2 Å². The van der Waals surface area contributed by atoms with Gasteiger partial charge >= 0.3 is 5.97 Å². The number of Topliss-reactive ketones (excluding diaryl/α,β-unsaturated/α-hetero) is 1. The number of esters is 1. The zero-order chi connectivity index (χ0) is 11.8. The molecule has 0 fully saturated rings. The first kappa shape index (κ1) is 14.1. The Morgan fingerprint density at radius 1 is 1.33 bits per heavy atom. The lowest BCUT2D eigenvalue weighted by Crippen LogP contribution is -2.36. The normalized spacial score (nSPS) is 10.8. The van der Waals surface area contributed by atoms with Crippen molar-refractivity contribution in [2.24, 2.45) is 0 Å². The molecular formula is C11H21NO3. The fraction of sp³-hybridized carbons (Fsp3) is 0.818. The Kier molecular flexibility index (Phi) is 6.96. The topological polar surface area (TPSA) is 46.6 Å². The van der Waals surface area contributed by atoms with Crippen LogP contribution in [0.1, 0.15) is 34.1 Å². The van der Waals surface area contributed by atoms with Gasteiger partial charge in [0.25, 0.3) is 0 Å². The van der Waals surface area contributed by atoms with Crippen LogP contribution >= 0.6 is 0 Å². The molecule has 15 heavy (non-hydrogen) atoms. The van der Waals surface area contributed by atoms with Gasteiger partial charge in [-0.3, -0.25) is 14.5 Å². The van der Waals surface area contributed by atoms with Crippen molar-refractivity contribution in [2.75, 3.05) is 19.7 Å². The maximum Gasteiger partial charge on any atom is 0.307 e. The van der Waals surface area contributed by atoms with Crippen LogP contribution in [0.3, 0.4) is 0 Å². The molecular weight excluding hydrogens is 194 g/mol. The van der Waals surface area contributed by atoms with E-state index in [0.29, 0.717) is 26.1 Å². The van der Waals surface area contributed by atoms with Crippen molar-refractivity contribution in [1.29, 1.82) is 0 Å². The smallest absolute Gasteiger partial charge is 0.307 e. The van der Waals surface area contributed by atoms with Gasteiger partial charge in [0.05, 0.1) is 19.6 Å². The number of hydrogen-bond acceptors (Lipinski definition) is 4. The number of carbonyl (C=O) groups excluding carboxylic acids is 2. The van der Waals surface area contributed by atoms with Gasteiger partial charge in [0.15, 0.2) is 0 Å². The molecule has 0 heterocycles. The lowest BCUT2D eigenvalue weighted by Gasteiger charge is -2.24. The van der Waals surface area contributed by atoms with Crippen molar-refractivity contribution in [3.8, 4) is 0 Å². The van der Waals surface area contributed by atoms with E-state index in [1.807, 2.05) is 18.7 Å². The monoisotopic (exact) mass is 215 g/mol. The van der Waals surface area contributed by atoms with Crippen LogP contribution in [0.4, 0.5) is 0 Å². The number of ketones is 1. The predicted octanol–water partition coefficient (Wildman–Crippen LogP) is 1.24. The number of rotatable bonds is 7. The first-order chi connectivity index (χ1) is 6.97. The lowest BCUT2D eigenvalue weighted by molar-refractivity contribution is -0.143. The van der Waals surface area contributed by atoms with Crippen LogP contribution in [0, 0.1) is 0 Å². The minimum Gasteiger partial charge on any atom is -0.466 e. The average Bonchev–Trinajstić information content (AvgIpc) is 2.11. The van der Waals surface area contributed by atoms with Crippen LogP contribution in [0.2, 0.25) is 0 Å². The molecule has 4 nitrogen and oxygen atoms in total. The Balaban J connectivity index is 3.96. The first-order valence-corrected chi connectivity index (χ1v) is 5.36. The summed E-state index contributed by atoms with van der Waals surface area (Å²) < 4.78 is 4.83. The summed E-state index contributed by atoms with van der Waals surface area (Å²) in [5.41, 5.74) is 0. The summed E-state index contributed by atoms with van der Waals surface area (Å²) in [6.45, 7) is 8.75. The van der Waals surface area contributed by atoms with Gasteiger partial charge in [-0.2, -0.15) is 0 Å². The Morgan fingerprint density at radius 2 is 1.93 bits per heavy atom. The number of ether oxygens (including phenoxy) is 1. The molecule has 0 aromatic carbocycles. The standard InChI is InChI=1S/C11H21NO3/c1-5-15-11(14)6-7-12(9(2)3)8-10(4)13/h9H,5-8H2,1-4H3. The van der Waals surface area contributed by atoms with Crippen molar-refractivity contribution in [3.05, 3.63) is 0 Å². The molecule has 0 saturated heterocycles. The highest BCUT2D eigenvalue weighted by Crippen LogP contribution is 2.00. The van der Waals surface area contributed by atoms with E-state index in [2.05, 4.69) is 0 Å². The Morgan fingerprint density at radius 3 is 2.33 bits per heavy atom. The van der Waals surface area contributed by atoms with Gasteiger partial charge in [-0.25, -0.2) is 0 Å². The molecule has 0 aliphatic carbocycles. The number of carbonyl (C=O) groups is 2. The zero-order valence-electron chi connectivity index (χ0n) is 10.1. The van der Waals surface area contributed by atoms with Crippen molar-refractivity contribution in [1.82, 2.24) is 4.90 Å². The molecule has 0 unspecified atom stereocenters. The maximum absolute atomic E-state index is 11.1. The van der Waals surface area contributed by atoms with Gasteiger partial charge in [-0.1, -0.05) is 0 Å². The van der Waals surface area contributed by atoms with Crippen molar-refractivity contribution >= 4 is 11.8 Å². The van der Waals surface area contributed by atoms with Crippen LogP contribution in [0.5, 0.6) is 0 Å². The van der Waals surface area contributed by atoms with E-state index in [-0.39, 0.29) is 17.8 Å². The molecule has 0 bridgehead atoms. The molecule has 0 rings (SSSR count). The molecule has 0 aliphatic rings. The highest BCUT2D eigenvalue weighted by atomic mass is 16.5. The van der Waals surface area contributed by atoms with Crippen LogP contribution in [-0.2, 0) is 14.3 Å². The molecule has 0 amide bonds. The third-order valence-corrected chi connectivity index (χ3v) is 2.06. The molecule has 0 aromatic rings. The van der Waals surface area contributed by atoms with E-state index in [9.17, 15) is 9.59 Å². The number of nitrogens with zero attached hydrogens (tertiary/aromatic N) is 1. The summed E-state index contributed by atoms with van der Waals surface area (Å²) in [4.78, 5) is 24.1. The summed E-state index contributed by atoms with van der Waals surface area (Å²) in [5.74, 6) is -0.0840. The second kappa shape index (κ2) is 7.40. The highest BCUT2D eigenvalue weighted by Gasteiger charge is 2.13. The first-order valence-electron chi connectivity index (χ1n) is 5.36. The van der Waals surface area contributed by atoms with E-state index in [0.717, 1.165) is 0 Å². The minimum absolute atomic E-state index is 0.118. The summed E-state index contributed by atoms with van der Waals surface area (Å²) in [5, 5.41) is 0. The van der Waals surface area contributed by atoms with Crippen LogP contribution in [0.25, 0.3) is 0 Å². The van der Waals surface area contributed by atoms with Crippen LogP contribution in [-0.4, -0.2) is 42.4 Å². The number of hydrogen-bond donors (Lipinski definition) is 0. The second-order valence-corrected chi connectivity index (χ2v) is 3.82. The van der Waals surface area contributed by atoms with E-state index in [1.165, 1.54) is 0 Å². The molecule has 0 spiro atoms. The summed E-state index contributed by atoms with van der Waals surface area (Å²) in [6.07, 6.45) is 0.347. The SMILES string of the molecule is CCOC(=O)CCN(CC(C)=O)C(C)C. The Hall–Kier alpha value is -0.900. The van der Waals surface area contributed by atoms with Crippen LogP contribution < -0.4 is 0 Å².